The first-order chi connectivity index (χ1) is 7.24. The predicted molar refractivity (Wildman–Crippen MR) is 58.6 cm³/mol. The fourth-order valence-electron chi connectivity index (χ4n) is 1.47. The predicted octanol–water partition coefficient (Wildman–Crippen LogP) is 2.05. The highest BCUT2D eigenvalue weighted by Crippen LogP contribution is 2.25. The van der Waals surface area contributed by atoms with E-state index in [0.29, 0.717) is 22.6 Å². The quantitative estimate of drug-likeness (QED) is 0.870. The number of aromatic nitrogens is 2. The molecule has 0 aliphatic heterocycles. The van der Waals surface area contributed by atoms with E-state index < -0.39 is 0 Å². The van der Waals surface area contributed by atoms with Crippen LogP contribution in [0.25, 0.3) is 10.9 Å². The Hall–Kier alpha value is -1.13. The lowest BCUT2D eigenvalue weighted by molar-refractivity contribution is 0.589. The van der Waals surface area contributed by atoms with Crippen LogP contribution in [0, 0.1) is 5.82 Å². The van der Waals surface area contributed by atoms with Crippen molar-refractivity contribution in [1.29, 1.82) is 0 Å². The van der Waals surface area contributed by atoms with Crippen molar-refractivity contribution < 1.29 is 4.39 Å². The highest BCUT2D eigenvalue weighted by molar-refractivity contribution is 6.34. The van der Waals surface area contributed by atoms with Gasteiger partial charge in [-0.25, -0.2) is 4.39 Å². The van der Waals surface area contributed by atoms with Crippen LogP contribution < -0.4 is 5.32 Å². The Balaban J connectivity index is 2.50. The van der Waals surface area contributed by atoms with E-state index in [4.69, 9.17) is 11.6 Å². The van der Waals surface area contributed by atoms with Crippen LogP contribution in [0.5, 0.6) is 0 Å². The Morgan fingerprint density at radius 2 is 2.33 bits per heavy atom. The first kappa shape index (κ1) is 10.4. The number of nitrogens with one attached hydrogen (secondary N) is 1. The zero-order valence-corrected chi connectivity index (χ0v) is 9.05. The standard InChI is InChI=1S/C10H11ClFN3/c1-13-5-6-15-10(11)9-7(12)3-2-4-8(9)14-15/h2-4,13H,5-6H2,1H3. The van der Waals surface area contributed by atoms with E-state index in [0.717, 1.165) is 6.54 Å². The van der Waals surface area contributed by atoms with Gasteiger partial charge in [-0.3, -0.25) is 4.68 Å². The monoisotopic (exact) mass is 227 g/mol. The molecule has 1 heterocycles. The Morgan fingerprint density at radius 1 is 1.53 bits per heavy atom. The van der Waals surface area contributed by atoms with Gasteiger partial charge in [0.15, 0.2) is 0 Å². The molecule has 0 atom stereocenters. The largest absolute Gasteiger partial charge is 0.318 e. The summed E-state index contributed by atoms with van der Waals surface area (Å²) in [6.45, 7) is 1.37. The van der Waals surface area contributed by atoms with Crippen LogP contribution in [0.4, 0.5) is 4.39 Å². The molecule has 0 aliphatic carbocycles. The summed E-state index contributed by atoms with van der Waals surface area (Å²) < 4.78 is 15.0. The first-order valence-electron chi connectivity index (χ1n) is 4.69. The SMILES string of the molecule is CNCCn1nc2cccc(F)c2c1Cl. The zero-order valence-electron chi connectivity index (χ0n) is 8.30. The molecule has 2 rings (SSSR count). The molecule has 0 saturated heterocycles. The van der Waals surface area contributed by atoms with Crippen LogP contribution in [-0.4, -0.2) is 23.4 Å². The summed E-state index contributed by atoms with van der Waals surface area (Å²) in [5, 5.41) is 7.96. The molecule has 0 radical (unpaired) electrons. The van der Waals surface area contributed by atoms with Gasteiger partial charge < -0.3 is 5.32 Å². The summed E-state index contributed by atoms with van der Waals surface area (Å²) in [6, 6.07) is 4.77. The molecule has 1 N–H and O–H groups in total. The average Bonchev–Trinajstić information content (AvgIpc) is 2.54. The lowest BCUT2D eigenvalue weighted by atomic mass is 10.2. The molecule has 0 fully saturated rings. The second kappa shape index (κ2) is 4.16. The minimum Gasteiger partial charge on any atom is -0.318 e. The second-order valence-corrected chi connectivity index (χ2v) is 3.61. The van der Waals surface area contributed by atoms with Crippen LogP contribution in [0.15, 0.2) is 18.2 Å². The van der Waals surface area contributed by atoms with Crippen LogP contribution >= 0.6 is 11.6 Å². The average molecular weight is 228 g/mol. The molecule has 1 aromatic heterocycles. The summed E-state index contributed by atoms with van der Waals surface area (Å²) in [7, 11) is 1.84. The fraction of sp³-hybridized carbons (Fsp3) is 0.300. The fourth-order valence-corrected chi connectivity index (χ4v) is 1.78. The Bertz CT molecular complexity index is 481. The molecule has 1 aromatic carbocycles. The Morgan fingerprint density at radius 3 is 3.00 bits per heavy atom. The van der Waals surface area contributed by atoms with Crippen molar-refractivity contribution in [2.24, 2.45) is 0 Å². The van der Waals surface area contributed by atoms with E-state index in [-0.39, 0.29) is 5.82 Å². The number of hydrogen-bond donors (Lipinski definition) is 1. The normalized spacial score (nSPS) is 11.1. The maximum absolute atomic E-state index is 13.4. The van der Waals surface area contributed by atoms with Crippen molar-refractivity contribution in [2.75, 3.05) is 13.6 Å². The lowest BCUT2D eigenvalue weighted by Crippen LogP contribution is -2.15. The van der Waals surface area contributed by atoms with E-state index in [1.807, 2.05) is 7.05 Å². The molecular formula is C10H11ClFN3. The van der Waals surface area contributed by atoms with E-state index in [2.05, 4.69) is 10.4 Å². The molecule has 80 valence electrons. The molecule has 5 heteroatoms. The van der Waals surface area contributed by atoms with Gasteiger partial charge in [-0.15, -0.1) is 0 Å². The summed E-state index contributed by atoms with van der Waals surface area (Å²) >= 11 is 6.03. The third-order valence-electron chi connectivity index (χ3n) is 2.23. The van der Waals surface area contributed by atoms with Crippen molar-refractivity contribution >= 4 is 22.5 Å². The summed E-state index contributed by atoms with van der Waals surface area (Å²) in [4.78, 5) is 0. The number of hydrogen-bond acceptors (Lipinski definition) is 2. The summed E-state index contributed by atoms with van der Waals surface area (Å²) in [5.41, 5.74) is 0.594. The maximum Gasteiger partial charge on any atom is 0.137 e. The van der Waals surface area contributed by atoms with Crippen molar-refractivity contribution in [3.63, 3.8) is 0 Å². The maximum atomic E-state index is 13.4. The van der Waals surface area contributed by atoms with Gasteiger partial charge >= 0.3 is 0 Å². The van der Waals surface area contributed by atoms with Gasteiger partial charge in [0.1, 0.15) is 11.0 Å². The van der Waals surface area contributed by atoms with Gasteiger partial charge in [-0.1, -0.05) is 17.7 Å². The third kappa shape index (κ3) is 1.82. The van der Waals surface area contributed by atoms with Crippen LogP contribution in [-0.2, 0) is 6.54 Å². The van der Waals surface area contributed by atoms with Gasteiger partial charge in [0.2, 0.25) is 0 Å². The molecule has 0 unspecified atom stereocenters. The van der Waals surface area contributed by atoms with Gasteiger partial charge in [0.05, 0.1) is 17.4 Å². The van der Waals surface area contributed by atoms with Gasteiger partial charge in [-0.05, 0) is 19.2 Å². The van der Waals surface area contributed by atoms with E-state index in [1.54, 1.807) is 16.8 Å². The molecule has 0 spiro atoms. The number of benzene rings is 1. The van der Waals surface area contributed by atoms with Gasteiger partial charge in [-0.2, -0.15) is 5.10 Å². The van der Waals surface area contributed by atoms with Gasteiger partial charge in [0.25, 0.3) is 0 Å². The highest BCUT2D eigenvalue weighted by atomic mass is 35.5. The van der Waals surface area contributed by atoms with Gasteiger partial charge in [0, 0.05) is 6.54 Å². The summed E-state index contributed by atoms with van der Waals surface area (Å²) in [6.07, 6.45) is 0. The molecule has 0 amide bonds. The van der Waals surface area contributed by atoms with E-state index in [1.165, 1.54) is 6.07 Å². The molecule has 15 heavy (non-hydrogen) atoms. The van der Waals surface area contributed by atoms with Crippen LogP contribution in [0.2, 0.25) is 5.15 Å². The second-order valence-electron chi connectivity index (χ2n) is 3.25. The minimum absolute atomic E-state index is 0.326. The van der Waals surface area contributed by atoms with E-state index >= 15 is 0 Å². The van der Waals surface area contributed by atoms with Crippen LogP contribution in [0.1, 0.15) is 0 Å². The third-order valence-corrected chi connectivity index (χ3v) is 2.61. The summed E-state index contributed by atoms with van der Waals surface area (Å²) in [5.74, 6) is -0.326. The Labute approximate surface area is 91.8 Å². The molecule has 3 nitrogen and oxygen atoms in total. The molecule has 0 saturated carbocycles. The number of likely N-dealkylation sites (N-methyl/N-ethyl adjacent to an activating group) is 1. The van der Waals surface area contributed by atoms with E-state index in [9.17, 15) is 4.39 Å². The van der Waals surface area contributed by atoms with Crippen LogP contribution in [0.3, 0.4) is 0 Å². The highest BCUT2D eigenvalue weighted by Gasteiger charge is 2.12. The molecule has 2 aromatic rings. The molecule has 0 bridgehead atoms. The van der Waals surface area contributed by atoms with Crippen molar-refractivity contribution in [3.05, 3.63) is 29.2 Å². The van der Waals surface area contributed by atoms with Crippen molar-refractivity contribution in [2.45, 2.75) is 6.54 Å². The first-order valence-corrected chi connectivity index (χ1v) is 5.07. The smallest absolute Gasteiger partial charge is 0.137 e. The number of fused-ring (bicyclic) bond motifs is 1. The Kier molecular flexibility index (Phi) is 2.88. The van der Waals surface area contributed by atoms with Crippen molar-refractivity contribution in [3.8, 4) is 0 Å². The van der Waals surface area contributed by atoms with Crippen molar-refractivity contribution in [1.82, 2.24) is 15.1 Å². The number of rotatable bonds is 3. The molecule has 0 aliphatic rings. The molecular weight excluding hydrogens is 217 g/mol. The number of nitrogens with zero attached hydrogens (tertiary/aromatic N) is 2. The number of halogens is 2. The zero-order chi connectivity index (χ0) is 10.8. The lowest BCUT2D eigenvalue weighted by Gasteiger charge is -2.00. The minimum atomic E-state index is -0.326. The topological polar surface area (TPSA) is 29.9 Å².